The van der Waals surface area contributed by atoms with Crippen molar-refractivity contribution in [2.24, 2.45) is 5.11 Å². The van der Waals surface area contributed by atoms with Gasteiger partial charge in [0, 0.05) is 36.3 Å². The molecule has 2 N–H and O–H groups in total. The van der Waals surface area contributed by atoms with Gasteiger partial charge in [0.1, 0.15) is 12.3 Å². The third-order valence-corrected chi connectivity index (χ3v) is 3.97. The number of azide groups is 1. The van der Waals surface area contributed by atoms with Crippen molar-refractivity contribution in [3.8, 4) is 0 Å². The molecule has 2 aromatic heterocycles. The molecule has 132 valence electrons. The van der Waals surface area contributed by atoms with Gasteiger partial charge < -0.3 is 9.84 Å². The van der Waals surface area contributed by atoms with Gasteiger partial charge in [-0.25, -0.2) is 9.48 Å². The Morgan fingerprint density at radius 1 is 1.52 bits per heavy atom. The first-order chi connectivity index (χ1) is 12.1. The smallest absolute Gasteiger partial charge is 0.330 e. The second-order valence-electron chi connectivity index (χ2n) is 5.53. The van der Waals surface area contributed by atoms with Crippen LogP contribution in [0.3, 0.4) is 0 Å². The zero-order chi connectivity index (χ0) is 17.8. The molecule has 0 saturated carbocycles. The Labute approximate surface area is 140 Å². The van der Waals surface area contributed by atoms with Crippen LogP contribution in [0, 0.1) is 0 Å². The summed E-state index contributed by atoms with van der Waals surface area (Å²) in [4.78, 5) is 27.9. The summed E-state index contributed by atoms with van der Waals surface area (Å²) >= 11 is 0. The summed E-state index contributed by atoms with van der Waals surface area (Å²) in [5, 5.41) is 21.1. The van der Waals surface area contributed by atoms with Crippen molar-refractivity contribution in [1.29, 1.82) is 0 Å². The number of nitrogens with zero attached hydrogens (tertiary/aromatic N) is 7. The van der Waals surface area contributed by atoms with Gasteiger partial charge in [0.05, 0.1) is 18.3 Å². The fourth-order valence-corrected chi connectivity index (χ4v) is 2.78. The van der Waals surface area contributed by atoms with E-state index in [2.05, 4.69) is 25.3 Å². The van der Waals surface area contributed by atoms with Crippen molar-refractivity contribution in [3.05, 3.63) is 55.4 Å². The van der Waals surface area contributed by atoms with E-state index in [1.54, 1.807) is 10.9 Å². The fourth-order valence-electron chi connectivity index (χ4n) is 2.78. The Balaban J connectivity index is 1.79. The zero-order valence-electron chi connectivity index (χ0n) is 13.1. The first-order valence-corrected chi connectivity index (χ1v) is 7.61. The standard InChI is InChI=1S/C13H16N8O4/c14-18-15-3-1-8-6-21(19-17-8)9-5-12(25-10(9)7-22)20-4-2-11(23)16-13(20)24/h2,4,6,9-10,12,22H,1,3,5,7H2,(H,16,23,24)/t9-,10+,12+/m0/s1. The number of aliphatic hydroxyl groups is 1. The van der Waals surface area contributed by atoms with Crippen LogP contribution in [0.2, 0.25) is 0 Å². The second kappa shape index (κ2) is 7.30. The van der Waals surface area contributed by atoms with Gasteiger partial charge in [-0.3, -0.25) is 14.3 Å². The van der Waals surface area contributed by atoms with E-state index in [1.807, 2.05) is 0 Å². The first-order valence-electron chi connectivity index (χ1n) is 7.61. The molecule has 1 fully saturated rings. The highest BCUT2D eigenvalue weighted by atomic mass is 16.5. The second-order valence-corrected chi connectivity index (χ2v) is 5.53. The first kappa shape index (κ1) is 16.9. The highest BCUT2D eigenvalue weighted by Crippen LogP contribution is 2.35. The Kier molecular flexibility index (Phi) is 4.93. The number of nitrogens with one attached hydrogen (secondary N) is 1. The minimum atomic E-state index is -0.637. The number of hydrogen-bond donors (Lipinski definition) is 2. The lowest BCUT2D eigenvalue weighted by Gasteiger charge is -2.15. The average Bonchev–Trinajstić information content (AvgIpc) is 3.21. The molecule has 0 radical (unpaired) electrons. The molecular formula is C13H16N8O4. The SMILES string of the molecule is [N-]=[N+]=NCCc1cn([C@H]2C[C@H](n3ccc(=O)[nH]c3=O)O[C@@H]2CO)nn1. The maximum absolute atomic E-state index is 11.9. The Morgan fingerprint density at radius 3 is 3.08 bits per heavy atom. The summed E-state index contributed by atoms with van der Waals surface area (Å²) in [6, 6.07) is 0.907. The van der Waals surface area contributed by atoms with E-state index >= 15 is 0 Å². The fraction of sp³-hybridized carbons (Fsp3) is 0.538. The van der Waals surface area contributed by atoms with Crippen LogP contribution >= 0.6 is 0 Å². The Hall–Kier alpha value is -2.95. The van der Waals surface area contributed by atoms with Crippen LogP contribution in [0.25, 0.3) is 10.4 Å². The van der Waals surface area contributed by atoms with Crippen LogP contribution in [0.15, 0.2) is 33.2 Å². The van der Waals surface area contributed by atoms with Crippen LogP contribution in [0.5, 0.6) is 0 Å². The van der Waals surface area contributed by atoms with Crippen LogP contribution in [0.1, 0.15) is 24.4 Å². The summed E-state index contributed by atoms with van der Waals surface area (Å²) in [5.41, 5.74) is 7.87. The molecule has 3 atom stereocenters. The summed E-state index contributed by atoms with van der Waals surface area (Å²) in [6.45, 7) is 0.0162. The molecule has 1 saturated heterocycles. The van der Waals surface area contributed by atoms with Gasteiger partial charge in [-0.05, 0) is 12.0 Å². The van der Waals surface area contributed by atoms with Crippen molar-refractivity contribution in [3.63, 3.8) is 0 Å². The van der Waals surface area contributed by atoms with E-state index in [-0.39, 0.29) is 19.2 Å². The van der Waals surface area contributed by atoms with Gasteiger partial charge in [-0.15, -0.1) is 5.10 Å². The van der Waals surface area contributed by atoms with Gasteiger partial charge in [0.25, 0.3) is 5.56 Å². The summed E-state index contributed by atoms with van der Waals surface area (Å²) in [7, 11) is 0. The number of aromatic amines is 1. The Morgan fingerprint density at radius 2 is 2.36 bits per heavy atom. The van der Waals surface area contributed by atoms with Gasteiger partial charge in [0.2, 0.25) is 0 Å². The molecule has 0 bridgehead atoms. The van der Waals surface area contributed by atoms with Crippen molar-refractivity contribution in [2.45, 2.75) is 31.2 Å². The summed E-state index contributed by atoms with van der Waals surface area (Å²) in [5.74, 6) is 0. The van der Waals surface area contributed by atoms with Gasteiger partial charge in [0.15, 0.2) is 0 Å². The molecule has 3 heterocycles. The lowest BCUT2D eigenvalue weighted by atomic mass is 10.1. The molecule has 0 amide bonds. The van der Waals surface area contributed by atoms with E-state index in [0.717, 1.165) is 0 Å². The monoisotopic (exact) mass is 348 g/mol. The number of aliphatic hydroxyl groups excluding tert-OH is 1. The molecule has 1 aliphatic rings. The maximum Gasteiger partial charge on any atom is 0.330 e. The van der Waals surface area contributed by atoms with Gasteiger partial charge in [-0.1, -0.05) is 10.3 Å². The van der Waals surface area contributed by atoms with Crippen molar-refractivity contribution >= 4 is 0 Å². The van der Waals surface area contributed by atoms with Crippen molar-refractivity contribution in [1.82, 2.24) is 24.5 Å². The Bertz CT molecular complexity index is 896. The van der Waals surface area contributed by atoms with Gasteiger partial charge >= 0.3 is 5.69 Å². The van der Waals surface area contributed by atoms with E-state index in [9.17, 15) is 14.7 Å². The largest absolute Gasteiger partial charge is 0.394 e. The predicted molar refractivity (Wildman–Crippen MR) is 83.7 cm³/mol. The number of rotatable bonds is 6. The zero-order valence-corrected chi connectivity index (χ0v) is 13.1. The number of hydrogen-bond acceptors (Lipinski definition) is 7. The number of ether oxygens (including phenoxy) is 1. The van der Waals surface area contributed by atoms with Crippen LogP contribution < -0.4 is 11.2 Å². The van der Waals surface area contributed by atoms with E-state index < -0.39 is 23.6 Å². The highest BCUT2D eigenvalue weighted by Gasteiger charge is 2.38. The maximum atomic E-state index is 11.9. The summed E-state index contributed by atoms with van der Waals surface area (Å²) < 4.78 is 8.57. The molecule has 0 unspecified atom stereocenters. The molecule has 0 aromatic carbocycles. The predicted octanol–water partition coefficient (Wildman–Crippen LogP) is -0.498. The van der Waals surface area contributed by atoms with Crippen LogP contribution in [-0.2, 0) is 11.2 Å². The molecule has 3 rings (SSSR count). The van der Waals surface area contributed by atoms with Crippen LogP contribution in [0.4, 0.5) is 0 Å². The number of aromatic nitrogens is 5. The van der Waals surface area contributed by atoms with Crippen molar-refractivity contribution < 1.29 is 9.84 Å². The number of H-pyrrole nitrogens is 1. The third kappa shape index (κ3) is 3.60. The lowest BCUT2D eigenvalue weighted by molar-refractivity contribution is -0.0322. The summed E-state index contributed by atoms with van der Waals surface area (Å²) in [6.07, 6.45) is 2.66. The highest BCUT2D eigenvalue weighted by molar-refractivity contribution is 4.97. The van der Waals surface area contributed by atoms with E-state index in [4.69, 9.17) is 10.3 Å². The third-order valence-electron chi connectivity index (χ3n) is 3.97. The topological polar surface area (TPSA) is 164 Å². The lowest BCUT2D eigenvalue weighted by Crippen LogP contribution is -2.31. The van der Waals surface area contributed by atoms with Crippen LogP contribution in [-0.4, -0.2) is 48.9 Å². The van der Waals surface area contributed by atoms with Crippen molar-refractivity contribution in [2.75, 3.05) is 13.2 Å². The molecule has 0 aliphatic carbocycles. The minimum absolute atomic E-state index is 0.257. The van der Waals surface area contributed by atoms with E-state index in [0.29, 0.717) is 18.5 Å². The molecule has 25 heavy (non-hydrogen) atoms. The average molecular weight is 348 g/mol. The molecular weight excluding hydrogens is 332 g/mol. The van der Waals surface area contributed by atoms with Gasteiger partial charge in [-0.2, -0.15) is 0 Å². The molecule has 12 heteroatoms. The minimum Gasteiger partial charge on any atom is -0.394 e. The molecule has 1 aliphatic heterocycles. The normalized spacial score (nSPS) is 22.7. The van der Waals surface area contributed by atoms with E-state index in [1.165, 1.54) is 16.8 Å². The molecule has 2 aromatic rings. The molecule has 0 spiro atoms. The quantitative estimate of drug-likeness (QED) is 0.406. The molecule has 12 nitrogen and oxygen atoms in total.